The average molecular weight is 376 g/mol. The van der Waals surface area contributed by atoms with Gasteiger partial charge in [-0.1, -0.05) is 47.7 Å². The smallest absolute Gasteiger partial charge is 0.216 e. The number of hydrogen-bond donors (Lipinski definition) is 0. The minimum absolute atomic E-state index is 0.826. The number of nitrogens with zero attached hydrogens (tertiary/aromatic N) is 4. The van der Waals surface area contributed by atoms with E-state index < -0.39 is 0 Å². The van der Waals surface area contributed by atoms with Crippen LogP contribution in [0.2, 0.25) is 0 Å². The zero-order valence-corrected chi connectivity index (χ0v) is 15.9. The molecule has 4 aromatic rings. The third-order valence-corrected chi connectivity index (χ3v) is 6.03. The van der Waals surface area contributed by atoms with Crippen LogP contribution in [0.25, 0.3) is 16.3 Å². The minimum atomic E-state index is 0.826. The lowest BCUT2D eigenvalue weighted by atomic mass is 10.00. The van der Waals surface area contributed by atoms with Crippen LogP contribution in [0.5, 0.6) is 5.75 Å². The maximum atomic E-state index is 5.34. The molecule has 0 fully saturated rings. The highest BCUT2D eigenvalue weighted by atomic mass is 32.1. The van der Waals surface area contributed by atoms with E-state index in [1.165, 1.54) is 16.0 Å². The molecule has 0 aliphatic carbocycles. The Bertz CT molecular complexity index is 1100. The van der Waals surface area contributed by atoms with Crippen LogP contribution in [0.15, 0.2) is 54.7 Å². The standard InChI is InChI=1S/C21H20N4OS/c1-26-18-8-4-7-16(11-18)20-22-23-21-25(20)14-19(27-21)13-24-10-9-15-5-2-3-6-17(15)12-24/h2-8,11,14H,9-10,12-13H2,1H3. The third-order valence-electron chi connectivity index (χ3n) is 5.08. The van der Waals surface area contributed by atoms with Crippen molar-refractivity contribution in [2.45, 2.75) is 19.5 Å². The molecule has 0 radical (unpaired) electrons. The minimum Gasteiger partial charge on any atom is -0.497 e. The molecular formula is C21H20N4OS. The van der Waals surface area contributed by atoms with Crippen LogP contribution in [-0.2, 0) is 19.5 Å². The van der Waals surface area contributed by atoms with Crippen LogP contribution >= 0.6 is 11.3 Å². The summed E-state index contributed by atoms with van der Waals surface area (Å²) < 4.78 is 7.43. The fraction of sp³-hybridized carbons (Fsp3) is 0.238. The first kappa shape index (κ1) is 16.5. The summed E-state index contributed by atoms with van der Waals surface area (Å²) in [7, 11) is 1.68. The monoisotopic (exact) mass is 376 g/mol. The third kappa shape index (κ3) is 3.11. The van der Waals surface area contributed by atoms with Crippen molar-refractivity contribution in [1.82, 2.24) is 19.5 Å². The van der Waals surface area contributed by atoms with Crippen molar-refractivity contribution in [2.24, 2.45) is 0 Å². The summed E-state index contributed by atoms with van der Waals surface area (Å²) in [5, 5.41) is 8.75. The van der Waals surface area contributed by atoms with Gasteiger partial charge in [0, 0.05) is 36.3 Å². The molecule has 0 spiro atoms. The zero-order chi connectivity index (χ0) is 18.2. The highest BCUT2D eigenvalue weighted by Crippen LogP contribution is 2.28. The molecule has 0 atom stereocenters. The molecule has 27 heavy (non-hydrogen) atoms. The fourth-order valence-corrected chi connectivity index (χ4v) is 4.65. The lowest BCUT2D eigenvalue weighted by Gasteiger charge is -2.28. The molecule has 0 saturated carbocycles. The number of methoxy groups -OCH3 is 1. The van der Waals surface area contributed by atoms with Crippen molar-refractivity contribution in [3.05, 3.63) is 70.7 Å². The summed E-state index contributed by atoms with van der Waals surface area (Å²) >= 11 is 1.71. The van der Waals surface area contributed by atoms with Crippen molar-refractivity contribution < 1.29 is 4.74 Å². The van der Waals surface area contributed by atoms with Crippen molar-refractivity contribution in [3.8, 4) is 17.1 Å². The molecular weight excluding hydrogens is 356 g/mol. The molecule has 0 unspecified atom stereocenters. The molecule has 1 aliphatic heterocycles. The Morgan fingerprint density at radius 1 is 1.07 bits per heavy atom. The molecule has 0 N–H and O–H groups in total. The van der Waals surface area contributed by atoms with Gasteiger partial charge in [0.25, 0.3) is 0 Å². The van der Waals surface area contributed by atoms with Gasteiger partial charge in [0.15, 0.2) is 5.82 Å². The van der Waals surface area contributed by atoms with E-state index in [0.717, 1.165) is 48.2 Å². The Labute approximate surface area is 161 Å². The molecule has 6 heteroatoms. The second-order valence-corrected chi connectivity index (χ2v) is 7.93. The summed E-state index contributed by atoms with van der Waals surface area (Å²) in [5.41, 5.74) is 3.95. The number of ether oxygens (including phenoxy) is 1. The first-order valence-corrected chi connectivity index (χ1v) is 9.89. The van der Waals surface area contributed by atoms with Gasteiger partial charge in [-0.15, -0.1) is 10.2 Å². The SMILES string of the molecule is COc1cccc(-c2nnc3sc(CN4CCc5ccccc5C4)cn23)c1. The van der Waals surface area contributed by atoms with E-state index in [-0.39, 0.29) is 0 Å². The van der Waals surface area contributed by atoms with Crippen LogP contribution in [0.4, 0.5) is 0 Å². The van der Waals surface area contributed by atoms with E-state index in [9.17, 15) is 0 Å². The highest BCUT2D eigenvalue weighted by molar-refractivity contribution is 7.17. The number of aromatic nitrogens is 3. The van der Waals surface area contributed by atoms with Crippen LogP contribution in [0, 0.1) is 0 Å². The second-order valence-electron chi connectivity index (χ2n) is 6.83. The molecule has 2 aromatic carbocycles. The number of rotatable bonds is 4. The van der Waals surface area contributed by atoms with E-state index in [4.69, 9.17) is 4.74 Å². The van der Waals surface area contributed by atoms with Gasteiger partial charge in [-0.3, -0.25) is 9.30 Å². The van der Waals surface area contributed by atoms with Crippen molar-refractivity contribution >= 4 is 16.3 Å². The summed E-state index contributed by atoms with van der Waals surface area (Å²) in [4.78, 5) is 4.75. The quantitative estimate of drug-likeness (QED) is 0.539. The van der Waals surface area contributed by atoms with Gasteiger partial charge in [0.05, 0.1) is 7.11 Å². The maximum Gasteiger partial charge on any atom is 0.216 e. The highest BCUT2D eigenvalue weighted by Gasteiger charge is 2.18. The Balaban J connectivity index is 1.40. The fourth-order valence-electron chi connectivity index (χ4n) is 3.69. The van der Waals surface area contributed by atoms with E-state index in [0.29, 0.717) is 0 Å². The molecule has 0 saturated heterocycles. The first-order valence-electron chi connectivity index (χ1n) is 9.07. The number of hydrogen-bond acceptors (Lipinski definition) is 5. The van der Waals surface area contributed by atoms with Crippen LogP contribution in [-0.4, -0.2) is 33.2 Å². The van der Waals surface area contributed by atoms with Gasteiger partial charge in [0.2, 0.25) is 4.96 Å². The second kappa shape index (κ2) is 6.79. The molecule has 0 amide bonds. The topological polar surface area (TPSA) is 42.7 Å². The predicted molar refractivity (Wildman–Crippen MR) is 107 cm³/mol. The van der Waals surface area contributed by atoms with Gasteiger partial charge in [-0.2, -0.15) is 0 Å². The summed E-state index contributed by atoms with van der Waals surface area (Å²) in [6.07, 6.45) is 3.30. The van der Waals surface area contributed by atoms with E-state index in [1.54, 1.807) is 18.4 Å². The molecule has 5 rings (SSSR count). The van der Waals surface area contributed by atoms with Crippen LogP contribution < -0.4 is 4.74 Å². The maximum absolute atomic E-state index is 5.34. The van der Waals surface area contributed by atoms with Crippen molar-refractivity contribution in [2.75, 3.05) is 13.7 Å². The average Bonchev–Trinajstić information content (AvgIpc) is 3.28. The van der Waals surface area contributed by atoms with Gasteiger partial charge in [-0.25, -0.2) is 0 Å². The van der Waals surface area contributed by atoms with Crippen LogP contribution in [0.1, 0.15) is 16.0 Å². The first-order chi connectivity index (χ1) is 13.3. The molecule has 2 aromatic heterocycles. The zero-order valence-electron chi connectivity index (χ0n) is 15.1. The van der Waals surface area contributed by atoms with Crippen molar-refractivity contribution in [1.29, 1.82) is 0 Å². The summed E-state index contributed by atoms with van der Waals surface area (Å²) in [5.74, 6) is 1.68. The molecule has 1 aliphatic rings. The molecule has 5 nitrogen and oxygen atoms in total. The predicted octanol–water partition coefficient (Wildman–Crippen LogP) is 4.02. The molecule has 3 heterocycles. The van der Waals surface area contributed by atoms with E-state index in [1.807, 2.05) is 24.3 Å². The van der Waals surface area contributed by atoms with E-state index >= 15 is 0 Å². The summed E-state index contributed by atoms with van der Waals surface area (Å²) in [6, 6.07) is 16.7. The largest absolute Gasteiger partial charge is 0.497 e. The Hall–Kier alpha value is -2.70. The van der Waals surface area contributed by atoms with Gasteiger partial charge >= 0.3 is 0 Å². The number of fused-ring (bicyclic) bond motifs is 2. The number of benzene rings is 2. The van der Waals surface area contributed by atoms with Crippen LogP contribution in [0.3, 0.4) is 0 Å². The van der Waals surface area contributed by atoms with Gasteiger partial charge < -0.3 is 4.74 Å². The number of thiazole rings is 1. The Kier molecular flexibility index (Phi) is 4.14. The molecule has 136 valence electrons. The van der Waals surface area contributed by atoms with E-state index in [2.05, 4.69) is 50.0 Å². The van der Waals surface area contributed by atoms with Gasteiger partial charge in [-0.05, 0) is 29.7 Å². The van der Waals surface area contributed by atoms with Gasteiger partial charge in [0.1, 0.15) is 5.75 Å². The summed E-state index contributed by atoms with van der Waals surface area (Å²) in [6.45, 7) is 3.05. The molecule has 0 bridgehead atoms. The Morgan fingerprint density at radius 3 is 2.85 bits per heavy atom. The Morgan fingerprint density at radius 2 is 1.96 bits per heavy atom. The lowest BCUT2D eigenvalue weighted by molar-refractivity contribution is 0.247. The normalized spacial score (nSPS) is 14.4. The lowest BCUT2D eigenvalue weighted by Crippen LogP contribution is -2.29. The van der Waals surface area contributed by atoms with Crippen molar-refractivity contribution in [3.63, 3.8) is 0 Å².